The molecule has 1 aromatic carbocycles. The Kier molecular flexibility index (Phi) is 6.48. The van der Waals surface area contributed by atoms with Crippen molar-refractivity contribution in [1.29, 1.82) is 0 Å². The summed E-state index contributed by atoms with van der Waals surface area (Å²) in [6.07, 6.45) is -4.70. The van der Waals surface area contributed by atoms with Gasteiger partial charge >= 0.3 is 18.4 Å². The SMILES string of the molecule is O=C(O)CCCNC(=O)N1CCNC(=O)C1c1ccc(OC(F)(F)F)cc1. The first-order valence-electron chi connectivity index (χ1n) is 8.07. The zero-order valence-electron chi connectivity index (χ0n) is 14.1. The van der Waals surface area contributed by atoms with E-state index in [0.717, 1.165) is 12.1 Å². The molecule has 3 amide bonds. The van der Waals surface area contributed by atoms with Crippen LogP contribution in [0.3, 0.4) is 0 Å². The van der Waals surface area contributed by atoms with Gasteiger partial charge in [-0.05, 0) is 24.1 Å². The van der Waals surface area contributed by atoms with Crippen molar-refractivity contribution in [2.24, 2.45) is 0 Å². The Balaban J connectivity index is 2.07. The van der Waals surface area contributed by atoms with Crippen LogP contribution in [-0.4, -0.2) is 53.9 Å². The van der Waals surface area contributed by atoms with Gasteiger partial charge in [0.25, 0.3) is 0 Å². The number of nitrogens with zero attached hydrogens (tertiary/aromatic N) is 1. The van der Waals surface area contributed by atoms with Crippen LogP contribution in [0.4, 0.5) is 18.0 Å². The number of benzene rings is 1. The molecule has 148 valence electrons. The third-order valence-electron chi connectivity index (χ3n) is 3.75. The number of alkyl halides is 3. The molecular formula is C16H18F3N3O5. The van der Waals surface area contributed by atoms with Gasteiger partial charge in [-0.1, -0.05) is 12.1 Å². The average Bonchev–Trinajstić information content (AvgIpc) is 2.57. The average molecular weight is 389 g/mol. The summed E-state index contributed by atoms with van der Waals surface area (Å²) < 4.78 is 40.5. The number of hydrogen-bond donors (Lipinski definition) is 3. The summed E-state index contributed by atoms with van der Waals surface area (Å²) in [5, 5.41) is 13.7. The quantitative estimate of drug-likeness (QED) is 0.641. The van der Waals surface area contributed by atoms with Crippen LogP contribution >= 0.6 is 0 Å². The lowest BCUT2D eigenvalue weighted by atomic mass is 10.0. The number of carbonyl (C=O) groups is 3. The van der Waals surface area contributed by atoms with Crippen molar-refractivity contribution in [2.75, 3.05) is 19.6 Å². The lowest BCUT2D eigenvalue weighted by Gasteiger charge is -2.35. The summed E-state index contributed by atoms with van der Waals surface area (Å²) in [6.45, 7) is 0.545. The molecule has 1 fully saturated rings. The number of carboxylic acid groups (broad SMARTS) is 1. The molecule has 0 aliphatic carbocycles. The molecule has 27 heavy (non-hydrogen) atoms. The van der Waals surface area contributed by atoms with Crippen LogP contribution < -0.4 is 15.4 Å². The van der Waals surface area contributed by atoms with Gasteiger partial charge in [0.05, 0.1) is 0 Å². The molecule has 0 spiro atoms. The molecule has 1 heterocycles. The van der Waals surface area contributed by atoms with Crippen LogP contribution in [0.1, 0.15) is 24.4 Å². The predicted octanol–water partition coefficient (Wildman–Crippen LogP) is 1.63. The third-order valence-corrected chi connectivity index (χ3v) is 3.75. The summed E-state index contributed by atoms with van der Waals surface area (Å²) in [4.78, 5) is 36.3. The van der Waals surface area contributed by atoms with Crippen LogP contribution in [0.5, 0.6) is 5.75 Å². The smallest absolute Gasteiger partial charge is 0.481 e. The molecular weight excluding hydrogens is 371 g/mol. The molecule has 0 saturated carbocycles. The van der Waals surface area contributed by atoms with Gasteiger partial charge in [0.2, 0.25) is 5.91 Å². The number of ether oxygens (including phenoxy) is 1. The van der Waals surface area contributed by atoms with Crippen molar-refractivity contribution in [1.82, 2.24) is 15.5 Å². The number of aliphatic carboxylic acids is 1. The fraction of sp³-hybridized carbons (Fsp3) is 0.438. The van der Waals surface area contributed by atoms with Gasteiger partial charge < -0.3 is 25.4 Å². The van der Waals surface area contributed by atoms with E-state index in [4.69, 9.17) is 5.11 Å². The van der Waals surface area contributed by atoms with Crippen molar-refractivity contribution in [2.45, 2.75) is 25.2 Å². The molecule has 0 radical (unpaired) electrons. The van der Waals surface area contributed by atoms with E-state index in [1.165, 1.54) is 17.0 Å². The standard InChI is InChI=1S/C16H18F3N3O5/c17-16(18,19)27-11-5-3-10(4-6-11)13-14(25)20-8-9-22(13)15(26)21-7-1-2-12(23)24/h3-6,13H,1-2,7-9H2,(H,20,25)(H,21,26)(H,23,24). The van der Waals surface area contributed by atoms with E-state index in [1.807, 2.05) is 0 Å². The molecule has 1 aliphatic heterocycles. The number of carbonyl (C=O) groups excluding carboxylic acids is 2. The van der Waals surface area contributed by atoms with Gasteiger partial charge in [-0.15, -0.1) is 13.2 Å². The third kappa shape index (κ3) is 6.04. The molecule has 2 rings (SSSR count). The van der Waals surface area contributed by atoms with Crippen LogP contribution in [0.2, 0.25) is 0 Å². The minimum absolute atomic E-state index is 0.106. The lowest BCUT2D eigenvalue weighted by molar-refractivity contribution is -0.274. The van der Waals surface area contributed by atoms with E-state index in [9.17, 15) is 27.6 Å². The summed E-state index contributed by atoms with van der Waals surface area (Å²) in [6, 6.07) is 3.11. The Morgan fingerprint density at radius 2 is 1.96 bits per heavy atom. The Morgan fingerprint density at radius 1 is 1.30 bits per heavy atom. The summed E-state index contributed by atoms with van der Waals surface area (Å²) >= 11 is 0. The molecule has 1 aromatic rings. The maximum absolute atomic E-state index is 12.3. The number of halogens is 3. The van der Waals surface area contributed by atoms with Crippen molar-refractivity contribution >= 4 is 17.9 Å². The fourth-order valence-electron chi connectivity index (χ4n) is 2.61. The molecule has 1 atom stereocenters. The maximum atomic E-state index is 12.3. The van der Waals surface area contributed by atoms with Crippen LogP contribution in [0.15, 0.2) is 24.3 Å². The van der Waals surface area contributed by atoms with Gasteiger partial charge in [-0.3, -0.25) is 9.59 Å². The number of hydrogen-bond acceptors (Lipinski definition) is 4. The highest BCUT2D eigenvalue weighted by molar-refractivity contribution is 5.89. The lowest BCUT2D eigenvalue weighted by Crippen LogP contribution is -2.54. The van der Waals surface area contributed by atoms with E-state index in [1.54, 1.807) is 0 Å². The number of urea groups is 1. The molecule has 0 aromatic heterocycles. The molecule has 1 aliphatic rings. The van der Waals surface area contributed by atoms with Crippen LogP contribution in [0, 0.1) is 0 Å². The van der Waals surface area contributed by atoms with Crippen LogP contribution in [0.25, 0.3) is 0 Å². The van der Waals surface area contributed by atoms with Gasteiger partial charge in [-0.2, -0.15) is 0 Å². The minimum Gasteiger partial charge on any atom is -0.481 e. The highest BCUT2D eigenvalue weighted by atomic mass is 19.4. The Morgan fingerprint density at radius 3 is 2.56 bits per heavy atom. The second-order valence-electron chi connectivity index (χ2n) is 5.73. The minimum atomic E-state index is -4.83. The summed E-state index contributed by atoms with van der Waals surface area (Å²) in [7, 11) is 0. The largest absolute Gasteiger partial charge is 0.573 e. The van der Waals surface area contributed by atoms with E-state index in [2.05, 4.69) is 15.4 Å². The highest BCUT2D eigenvalue weighted by Crippen LogP contribution is 2.28. The van der Waals surface area contributed by atoms with Gasteiger partial charge in [0.15, 0.2) is 0 Å². The first-order chi connectivity index (χ1) is 12.7. The van der Waals surface area contributed by atoms with Crippen molar-refractivity contribution in [3.8, 4) is 5.75 Å². The topological polar surface area (TPSA) is 108 Å². The molecule has 3 N–H and O–H groups in total. The Labute approximate surface area is 152 Å². The zero-order chi connectivity index (χ0) is 20.0. The van der Waals surface area contributed by atoms with Crippen molar-refractivity contribution in [3.05, 3.63) is 29.8 Å². The normalized spacial score (nSPS) is 17.2. The van der Waals surface area contributed by atoms with Gasteiger partial charge in [0.1, 0.15) is 11.8 Å². The monoisotopic (exact) mass is 389 g/mol. The molecule has 0 bridgehead atoms. The first kappa shape index (κ1) is 20.3. The number of amides is 3. The number of piperazine rings is 1. The number of nitrogens with one attached hydrogen (secondary N) is 2. The molecule has 1 saturated heterocycles. The summed E-state index contributed by atoms with van der Waals surface area (Å²) in [5.74, 6) is -1.89. The Bertz CT molecular complexity index is 694. The van der Waals surface area contributed by atoms with Crippen molar-refractivity contribution in [3.63, 3.8) is 0 Å². The molecule has 8 nitrogen and oxygen atoms in total. The predicted molar refractivity (Wildman–Crippen MR) is 85.9 cm³/mol. The van der Waals surface area contributed by atoms with Gasteiger partial charge in [-0.25, -0.2) is 4.79 Å². The second kappa shape index (κ2) is 8.60. The van der Waals surface area contributed by atoms with E-state index in [0.29, 0.717) is 5.56 Å². The first-order valence-corrected chi connectivity index (χ1v) is 8.07. The van der Waals surface area contributed by atoms with E-state index in [-0.39, 0.29) is 32.5 Å². The number of carboxylic acids is 1. The molecule has 11 heteroatoms. The number of rotatable bonds is 6. The molecule has 1 unspecified atom stereocenters. The van der Waals surface area contributed by atoms with Crippen LogP contribution in [-0.2, 0) is 9.59 Å². The second-order valence-corrected chi connectivity index (χ2v) is 5.73. The van der Waals surface area contributed by atoms with Gasteiger partial charge in [0, 0.05) is 26.1 Å². The fourth-order valence-corrected chi connectivity index (χ4v) is 2.61. The Hall–Kier alpha value is -2.98. The zero-order valence-corrected chi connectivity index (χ0v) is 14.1. The van der Waals surface area contributed by atoms with E-state index < -0.39 is 36.1 Å². The summed E-state index contributed by atoms with van der Waals surface area (Å²) in [5.41, 5.74) is 0.322. The maximum Gasteiger partial charge on any atom is 0.573 e. The van der Waals surface area contributed by atoms with E-state index >= 15 is 0 Å². The van der Waals surface area contributed by atoms with Crippen molar-refractivity contribution < 1.29 is 37.4 Å². The highest BCUT2D eigenvalue weighted by Gasteiger charge is 2.35.